The predicted molar refractivity (Wildman–Crippen MR) is 72.8 cm³/mol. The van der Waals surface area contributed by atoms with Gasteiger partial charge in [-0.15, -0.1) is 0 Å². The second kappa shape index (κ2) is 8.34. The van der Waals surface area contributed by atoms with Crippen LogP contribution in [0.25, 0.3) is 0 Å². The molecule has 1 aromatic rings. The van der Waals surface area contributed by atoms with Crippen LogP contribution in [0.4, 0.5) is 0 Å². The highest BCUT2D eigenvalue weighted by Crippen LogP contribution is 2.00. The fourth-order valence-electron chi connectivity index (χ4n) is 1.84. The zero-order valence-electron chi connectivity index (χ0n) is 11.6. The van der Waals surface area contributed by atoms with Crippen molar-refractivity contribution in [3.05, 3.63) is 24.2 Å². The molecule has 0 saturated heterocycles. The van der Waals surface area contributed by atoms with E-state index in [1.54, 1.807) is 6.07 Å². The van der Waals surface area contributed by atoms with Crippen LogP contribution < -0.4 is 5.32 Å². The number of hydrogen-bond acceptors (Lipinski definition) is 3. The molecule has 0 aliphatic carbocycles. The van der Waals surface area contributed by atoms with E-state index in [4.69, 9.17) is 4.42 Å². The number of carbonyl (C=O) groups excluding carboxylic acids is 2. The van der Waals surface area contributed by atoms with E-state index in [0.717, 1.165) is 25.9 Å². The average molecular weight is 266 g/mol. The SMILES string of the molecule is CCCN(CCC)C(=O)CCNC(=O)c1ccoc1. The Morgan fingerprint density at radius 1 is 1.26 bits per heavy atom. The average Bonchev–Trinajstić information content (AvgIpc) is 2.92. The predicted octanol–water partition coefficient (Wildman–Crippen LogP) is 2.05. The zero-order chi connectivity index (χ0) is 14.1. The summed E-state index contributed by atoms with van der Waals surface area (Å²) >= 11 is 0. The van der Waals surface area contributed by atoms with E-state index in [1.165, 1.54) is 12.5 Å². The highest BCUT2D eigenvalue weighted by Gasteiger charge is 2.12. The highest BCUT2D eigenvalue weighted by molar-refractivity contribution is 5.94. The Morgan fingerprint density at radius 2 is 1.95 bits per heavy atom. The molecule has 0 atom stereocenters. The van der Waals surface area contributed by atoms with E-state index in [9.17, 15) is 9.59 Å². The van der Waals surface area contributed by atoms with Gasteiger partial charge in [0.15, 0.2) is 0 Å². The van der Waals surface area contributed by atoms with Crippen molar-refractivity contribution in [3.63, 3.8) is 0 Å². The van der Waals surface area contributed by atoms with Crippen LogP contribution in [-0.4, -0.2) is 36.3 Å². The van der Waals surface area contributed by atoms with Crippen LogP contribution in [-0.2, 0) is 4.79 Å². The summed E-state index contributed by atoms with van der Waals surface area (Å²) in [6.07, 6.45) is 5.08. The van der Waals surface area contributed by atoms with E-state index >= 15 is 0 Å². The molecule has 0 saturated carbocycles. The monoisotopic (exact) mass is 266 g/mol. The highest BCUT2D eigenvalue weighted by atomic mass is 16.3. The summed E-state index contributed by atoms with van der Waals surface area (Å²) in [5.74, 6) is -0.115. The van der Waals surface area contributed by atoms with Crippen LogP contribution in [0.5, 0.6) is 0 Å². The van der Waals surface area contributed by atoms with Crippen LogP contribution in [0.1, 0.15) is 43.5 Å². The lowest BCUT2D eigenvalue weighted by atomic mass is 10.3. The molecule has 0 radical (unpaired) electrons. The number of nitrogens with zero attached hydrogens (tertiary/aromatic N) is 1. The van der Waals surface area contributed by atoms with Gasteiger partial charge >= 0.3 is 0 Å². The number of rotatable bonds is 8. The lowest BCUT2D eigenvalue weighted by molar-refractivity contribution is -0.131. The van der Waals surface area contributed by atoms with E-state index in [-0.39, 0.29) is 11.8 Å². The topological polar surface area (TPSA) is 62.6 Å². The maximum absolute atomic E-state index is 11.9. The molecular weight excluding hydrogens is 244 g/mol. The van der Waals surface area contributed by atoms with Crippen molar-refractivity contribution in [2.75, 3.05) is 19.6 Å². The van der Waals surface area contributed by atoms with Crippen molar-refractivity contribution in [1.82, 2.24) is 10.2 Å². The molecule has 0 aromatic carbocycles. The smallest absolute Gasteiger partial charge is 0.254 e. The van der Waals surface area contributed by atoms with Gasteiger partial charge < -0.3 is 14.6 Å². The summed E-state index contributed by atoms with van der Waals surface area (Å²) in [4.78, 5) is 25.4. The van der Waals surface area contributed by atoms with Crippen molar-refractivity contribution in [3.8, 4) is 0 Å². The largest absolute Gasteiger partial charge is 0.472 e. The standard InChI is InChI=1S/C14H22N2O3/c1-3-8-16(9-4-2)13(17)5-7-15-14(18)12-6-10-19-11-12/h6,10-11H,3-5,7-9H2,1-2H3,(H,15,18). The van der Waals surface area contributed by atoms with Gasteiger partial charge in [0, 0.05) is 26.1 Å². The second-order valence-corrected chi connectivity index (χ2v) is 4.40. The van der Waals surface area contributed by atoms with Gasteiger partial charge in [-0.05, 0) is 18.9 Å². The molecule has 0 aliphatic heterocycles. The van der Waals surface area contributed by atoms with E-state index in [1.807, 2.05) is 4.90 Å². The Kier molecular flexibility index (Phi) is 6.71. The zero-order valence-corrected chi connectivity index (χ0v) is 11.6. The third-order valence-corrected chi connectivity index (χ3v) is 2.75. The summed E-state index contributed by atoms with van der Waals surface area (Å²) in [5.41, 5.74) is 0.478. The van der Waals surface area contributed by atoms with Gasteiger partial charge in [0.05, 0.1) is 11.8 Å². The number of hydrogen-bond donors (Lipinski definition) is 1. The molecule has 5 nitrogen and oxygen atoms in total. The second-order valence-electron chi connectivity index (χ2n) is 4.40. The van der Waals surface area contributed by atoms with Crippen molar-refractivity contribution in [2.24, 2.45) is 0 Å². The van der Waals surface area contributed by atoms with Gasteiger partial charge in [-0.1, -0.05) is 13.8 Å². The molecule has 1 aromatic heterocycles. The fraction of sp³-hybridized carbons (Fsp3) is 0.571. The summed E-state index contributed by atoms with van der Waals surface area (Å²) in [6, 6.07) is 1.59. The summed E-state index contributed by atoms with van der Waals surface area (Å²) < 4.78 is 4.83. The number of furan rings is 1. The Bertz CT molecular complexity index is 381. The number of amides is 2. The first kappa shape index (κ1) is 15.3. The molecule has 5 heteroatoms. The maximum Gasteiger partial charge on any atom is 0.254 e. The first-order chi connectivity index (χ1) is 9.19. The fourth-order valence-corrected chi connectivity index (χ4v) is 1.84. The minimum atomic E-state index is -0.209. The van der Waals surface area contributed by atoms with Crippen LogP contribution in [0.2, 0.25) is 0 Å². The molecule has 1 rings (SSSR count). The van der Waals surface area contributed by atoms with Gasteiger partial charge in [-0.3, -0.25) is 9.59 Å². The van der Waals surface area contributed by atoms with Gasteiger partial charge in [0.2, 0.25) is 5.91 Å². The first-order valence-corrected chi connectivity index (χ1v) is 6.77. The van der Waals surface area contributed by atoms with E-state index < -0.39 is 0 Å². The van der Waals surface area contributed by atoms with Crippen molar-refractivity contribution >= 4 is 11.8 Å². The summed E-state index contributed by atoms with van der Waals surface area (Å²) in [6.45, 7) is 6.02. The van der Waals surface area contributed by atoms with E-state index in [2.05, 4.69) is 19.2 Å². The van der Waals surface area contributed by atoms with Crippen molar-refractivity contribution in [2.45, 2.75) is 33.1 Å². The first-order valence-electron chi connectivity index (χ1n) is 6.77. The van der Waals surface area contributed by atoms with Crippen molar-refractivity contribution in [1.29, 1.82) is 0 Å². The van der Waals surface area contributed by atoms with Gasteiger partial charge in [-0.2, -0.15) is 0 Å². The molecular formula is C14H22N2O3. The van der Waals surface area contributed by atoms with Crippen molar-refractivity contribution < 1.29 is 14.0 Å². The van der Waals surface area contributed by atoms with Crippen LogP contribution >= 0.6 is 0 Å². The number of nitrogens with one attached hydrogen (secondary N) is 1. The lowest BCUT2D eigenvalue weighted by Gasteiger charge is -2.21. The third-order valence-electron chi connectivity index (χ3n) is 2.75. The molecule has 2 amide bonds. The molecule has 1 heterocycles. The maximum atomic E-state index is 11.9. The molecule has 0 unspecified atom stereocenters. The Labute approximate surface area is 114 Å². The normalized spacial score (nSPS) is 10.2. The quantitative estimate of drug-likeness (QED) is 0.783. The van der Waals surface area contributed by atoms with Crippen LogP contribution in [0.3, 0.4) is 0 Å². The van der Waals surface area contributed by atoms with Crippen LogP contribution in [0, 0.1) is 0 Å². The summed E-state index contributed by atoms with van der Waals surface area (Å²) in [5, 5.41) is 2.71. The Balaban J connectivity index is 2.31. The molecule has 0 fully saturated rings. The number of carbonyl (C=O) groups is 2. The molecule has 0 spiro atoms. The Morgan fingerprint density at radius 3 is 2.47 bits per heavy atom. The molecule has 1 N–H and O–H groups in total. The van der Waals surface area contributed by atoms with Gasteiger partial charge in [0.1, 0.15) is 6.26 Å². The molecule has 106 valence electrons. The van der Waals surface area contributed by atoms with Gasteiger partial charge in [0.25, 0.3) is 5.91 Å². The lowest BCUT2D eigenvalue weighted by Crippen LogP contribution is -2.35. The van der Waals surface area contributed by atoms with Crippen LogP contribution in [0.15, 0.2) is 23.0 Å². The third kappa shape index (κ3) is 5.16. The minimum absolute atomic E-state index is 0.0937. The molecule has 0 bridgehead atoms. The molecule has 0 aliphatic rings. The Hall–Kier alpha value is -1.78. The van der Waals surface area contributed by atoms with Gasteiger partial charge in [-0.25, -0.2) is 0 Å². The minimum Gasteiger partial charge on any atom is -0.472 e. The van der Waals surface area contributed by atoms with E-state index in [0.29, 0.717) is 18.5 Å². The summed E-state index contributed by atoms with van der Waals surface area (Å²) in [7, 11) is 0. The molecule has 19 heavy (non-hydrogen) atoms.